The number of nitrogens with zero attached hydrogens (tertiary/aromatic N) is 3. The van der Waals surface area contributed by atoms with Gasteiger partial charge in [-0.3, -0.25) is 0 Å². The molecule has 0 spiro atoms. The van der Waals surface area contributed by atoms with Crippen molar-refractivity contribution in [3.8, 4) is 5.82 Å². The lowest BCUT2D eigenvalue weighted by Crippen LogP contribution is -2.12. The van der Waals surface area contributed by atoms with Gasteiger partial charge >= 0.3 is 0 Å². The van der Waals surface area contributed by atoms with Crippen LogP contribution in [0.25, 0.3) is 5.82 Å². The summed E-state index contributed by atoms with van der Waals surface area (Å²) in [7, 11) is 0. The van der Waals surface area contributed by atoms with Crippen molar-refractivity contribution < 1.29 is 0 Å². The molecule has 0 bridgehead atoms. The Kier molecular flexibility index (Phi) is 2.47. The summed E-state index contributed by atoms with van der Waals surface area (Å²) in [4.78, 5) is 4.58. The Morgan fingerprint density at radius 3 is 2.87 bits per heavy atom. The predicted octanol–water partition coefficient (Wildman–Crippen LogP) is 1.21. The molecule has 0 aliphatic carbocycles. The number of rotatable bonds is 2. The van der Waals surface area contributed by atoms with Crippen LogP contribution in [0.15, 0.2) is 30.6 Å². The molecule has 2 heterocycles. The standard InChI is InChI=1S/C10H10N4S/c1-7-5-12-14(6-7)9-4-2-3-8(13-9)10(11)15/h2-6H,1H3,(H2,11,15). The van der Waals surface area contributed by atoms with Crippen LogP contribution in [-0.4, -0.2) is 19.8 Å². The zero-order valence-electron chi connectivity index (χ0n) is 8.21. The van der Waals surface area contributed by atoms with Gasteiger partial charge in [-0.1, -0.05) is 18.3 Å². The third kappa shape index (κ3) is 2.02. The Morgan fingerprint density at radius 1 is 1.47 bits per heavy atom. The maximum atomic E-state index is 5.51. The fourth-order valence-electron chi connectivity index (χ4n) is 1.23. The molecular formula is C10H10N4S. The van der Waals surface area contributed by atoms with Crippen LogP contribution >= 0.6 is 12.2 Å². The van der Waals surface area contributed by atoms with E-state index >= 15 is 0 Å². The number of aryl methyl sites for hydroxylation is 1. The molecule has 2 N–H and O–H groups in total. The van der Waals surface area contributed by atoms with Gasteiger partial charge in [-0.05, 0) is 24.6 Å². The first-order valence-electron chi connectivity index (χ1n) is 4.45. The van der Waals surface area contributed by atoms with Crippen molar-refractivity contribution in [1.29, 1.82) is 0 Å². The molecule has 0 aliphatic heterocycles. The first-order chi connectivity index (χ1) is 7.16. The molecule has 4 nitrogen and oxygen atoms in total. The van der Waals surface area contributed by atoms with E-state index in [1.807, 2.05) is 25.3 Å². The Labute approximate surface area is 92.7 Å². The normalized spacial score (nSPS) is 10.2. The van der Waals surface area contributed by atoms with E-state index in [1.165, 1.54) is 0 Å². The van der Waals surface area contributed by atoms with Crippen LogP contribution in [-0.2, 0) is 0 Å². The van der Waals surface area contributed by atoms with Crippen molar-refractivity contribution in [2.75, 3.05) is 0 Å². The molecule has 0 saturated carbocycles. The number of nitrogens with two attached hydrogens (primary N) is 1. The van der Waals surface area contributed by atoms with Crippen molar-refractivity contribution in [2.24, 2.45) is 5.73 Å². The van der Waals surface area contributed by atoms with Crippen LogP contribution in [0.3, 0.4) is 0 Å². The zero-order valence-corrected chi connectivity index (χ0v) is 9.03. The minimum Gasteiger partial charge on any atom is -0.388 e. The first kappa shape index (κ1) is 9.79. The van der Waals surface area contributed by atoms with Gasteiger partial charge in [0, 0.05) is 6.20 Å². The second kappa shape index (κ2) is 3.78. The molecule has 15 heavy (non-hydrogen) atoms. The van der Waals surface area contributed by atoms with Crippen LogP contribution in [0.4, 0.5) is 0 Å². The monoisotopic (exact) mass is 218 g/mol. The summed E-state index contributed by atoms with van der Waals surface area (Å²) in [5, 5.41) is 4.16. The molecule has 0 radical (unpaired) electrons. The molecule has 0 aromatic carbocycles. The highest BCUT2D eigenvalue weighted by atomic mass is 32.1. The molecule has 5 heteroatoms. The molecule has 0 unspecified atom stereocenters. The van der Waals surface area contributed by atoms with Crippen molar-refractivity contribution in [2.45, 2.75) is 6.92 Å². The molecule has 2 aromatic heterocycles. The number of thiocarbonyl (C=S) groups is 1. The van der Waals surface area contributed by atoms with Gasteiger partial charge in [-0.25, -0.2) is 9.67 Å². The summed E-state index contributed by atoms with van der Waals surface area (Å²) in [5.74, 6) is 0.716. The molecule has 0 saturated heterocycles. The Morgan fingerprint density at radius 2 is 2.27 bits per heavy atom. The van der Waals surface area contributed by atoms with Gasteiger partial charge in [0.05, 0.1) is 11.9 Å². The maximum Gasteiger partial charge on any atom is 0.154 e. The van der Waals surface area contributed by atoms with Crippen LogP contribution < -0.4 is 5.73 Å². The molecule has 2 rings (SSSR count). The van der Waals surface area contributed by atoms with E-state index in [-0.39, 0.29) is 0 Å². The van der Waals surface area contributed by atoms with Crippen LogP contribution in [0.2, 0.25) is 0 Å². The van der Waals surface area contributed by atoms with Crippen molar-refractivity contribution in [3.05, 3.63) is 41.9 Å². The van der Waals surface area contributed by atoms with E-state index in [2.05, 4.69) is 10.1 Å². The fraction of sp³-hybridized carbons (Fsp3) is 0.100. The lowest BCUT2D eigenvalue weighted by molar-refractivity contribution is 0.845. The average molecular weight is 218 g/mol. The highest BCUT2D eigenvalue weighted by molar-refractivity contribution is 7.80. The van der Waals surface area contributed by atoms with Crippen molar-refractivity contribution in [3.63, 3.8) is 0 Å². The minimum atomic E-state index is 0.292. The molecule has 76 valence electrons. The van der Waals surface area contributed by atoms with Crippen molar-refractivity contribution in [1.82, 2.24) is 14.8 Å². The number of pyridine rings is 1. The summed E-state index contributed by atoms with van der Waals surface area (Å²) < 4.78 is 1.69. The fourth-order valence-corrected chi connectivity index (χ4v) is 1.34. The summed E-state index contributed by atoms with van der Waals surface area (Å²) in [5.41, 5.74) is 7.19. The summed E-state index contributed by atoms with van der Waals surface area (Å²) in [6.07, 6.45) is 3.67. The lowest BCUT2D eigenvalue weighted by Gasteiger charge is -2.02. The average Bonchev–Trinajstić information content (AvgIpc) is 2.65. The van der Waals surface area contributed by atoms with Crippen LogP contribution in [0.5, 0.6) is 0 Å². The number of aromatic nitrogens is 3. The van der Waals surface area contributed by atoms with Crippen molar-refractivity contribution >= 4 is 17.2 Å². The second-order valence-electron chi connectivity index (χ2n) is 3.21. The Balaban J connectivity index is 2.45. The highest BCUT2D eigenvalue weighted by Crippen LogP contribution is 2.06. The summed E-state index contributed by atoms with van der Waals surface area (Å²) >= 11 is 4.86. The number of hydrogen-bond donors (Lipinski definition) is 1. The Bertz CT molecular complexity index is 504. The van der Waals surface area contributed by atoms with Gasteiger partial charge in [0.2, 0.25) is 0 Å². The van der Waals surface area contributed by atoms with Gasteiger partial charge in [0.15, 0.2) is 5.82 Å². The topological polar surface area (TPSA) is 56.7 Å². The smallest absolute Gasteiger partial charge is 0.154 e. The molecular weight excluding hydrogens is 208 g/mol. The predicted molar refractivity (Wildman–Crippen MR) is 62.0 cm³/mol. The molecule has 0 fully saturated rings. The molecule has 0 aliphatic rings. The van der Waals surface area contributed by atoms with Gasteiger partial charge < -0.3 is 5.73 Å². The summed E-state index contributed by atoms with van der Waals surface area (Å²) in [6, 6.07) is 5.49. The largest absolute Gasteiger partial charge is 0.388 e. The van der Waals surface area contributed by atoms with Gasteiger partial charge in [0.25, 0.3) is 0 Å². The molecule has 0 atom stereocenters. The van der Waals surface area contributed by atoms with Crippen LogP contribution in [0.1, 0.15) is 11.3 Å². The zero-order chi connectivity index (χ0) is 10.8. The van der Waals surface area contributed by atoms with E-state index in [4.69, 9.17) is 18.0 Å². The third-order valence-electron chi connectivity index (χ3n) is 1.93. The molecule has 2 aromatic rings. The second-order valence-corrected chi connectivity index (χ2v) is 3.65. The molecule has 0 amide bonds. The third-order valence-corrected chi connectivity index (χ3v) is 2.14. The van der Waals surface area contributed by atoms with E-state index in [0.717, 1.165) is 5.56 Å². The lowest BCUT2D eigenvalue weighted by atomic mass is 10.3. The van der Waals surface area contributed by atoms with E-state index in [0.29, 0.717) is 16.5 Å². The maximum absolute atomic E-state index is 5.51. The van der Waals surface area contributed by atoms with Crippen LogP contribution in [0, 0.1) is 6.92 Å². The van der Waals surface area contributed by atoms with E-state index < -0.39 is 0 Å². The summed E-state index contributed by atoms with van der Waals surface area (Å²) in [6.45, 7) is 1.97. The Hall–Kier alpha value is -1.75. The van der Waals surface area contributed by atoms with Gasteiger partial charge in [-0.2, -0.15) is 5.10 Å². The minimum absolute atomic E-state index is 0.292. The van der Waals surface area contributed by atoms with E-state index in [9.17, 15) is 0 Å². The quantitative estimate of drug-likeness (QED) is 0.770. The first-order valence-corrected chi connectivity index (χ1v) is 4.86. The van der Waals surface area contributed by atoms with Gasteiger partial charge in [0.1, 0.15) is 4.99 Å². The van der Waals surface area contributed by atoms with Gasteiger partial charge in [-0.15, -0.1) is 0 Å². The highest BCUT2D eigenvalue weighted by Gasteiger charge is 2.02. The SMILES string of the molecule is Cc1cnn(-c2cccc(C(N)=S)n2)c1. The number of hydrogen-bond acceptors (Lipinski definition) is 3. The van der Waals surface area contributed by atoms with E-state index in [1.54, 1.807) is 16.9 Å².